The first-order valence-corrected chi connectivity index (χ1v) is 11.5. The zero-order chi connectivity index (χ0) is 20.9. The van der Waals surface area contributed by atoms with Gasteiger partial charge in [-0.3, -0.25) is 14.3 Å². The number of benzene rings is 1. The molecular weight excluding hydrogens is 470 g/mol. The first-order chi connectivity index (χ1) is 13.1. The van der Waals surface area contributed by atoms with E-state index in [4.69, 9.17) is 4.74 Å². The molecule has 152 valence electrons. The van der Waals surface area contributed by atoms with Crippen molar-refractivity contribution in [3.63, 3.8) is 0 Å². The Balaban J connectivity index is 2.05. The van der Waals surface area contributed by atoms with E-state index in [9.17, 15) is 18.0 Å². The fraction of sp³-hybridized carbons (Fsp3) is 0.294. The van der Waals surface area contributed by atoms with Crippen LogP contribution in [0.2, 0.25) is 0 Å². The number of hydrogen-bond donors (Lipinski definition) is 3. The number of carbonyl (C=O) groups is 2. The van der Waals surface area contributed by atoms with Gasteiger partial charge in [-0.2, -0.15) is 0 Å². The molecule has 2 aromatic rings. The summed E-state index contributed by atoms with van der Waals surface area (Å²) >= 11 is 4.55. The number of nitrogens with one attached hydrogen (secondary N) is 3. The van der Waals surface area contributed by atoms with E-state index in [1.165, 1.54) is 37.5 Å². The first-order valence-electron chi connectivity index (χ1n) is 8.20. The van der Waals surface area contributed by atoms with Crippen LogP contribution in [0.25, 0.3) is 0 Å². The van der Waals surface area contributed by atoms with E-state index >= 15 is 0 Å². The average molecular weight is 490 g/mol. The predicted molar refractivity (Wildman–Crippen MR) is 114 cm³/mol. The maximum Gasteiger partial charge on any atom is 0.262 e. The lowest BCUT2D eigenvalue weighted by Crippen LogP contribution is -2.41. The topological polar surface area (TPSA) is 114 Å². The van der Waals surface area contributed by atoms with Gasteiger partial charge in [0.2, 0.25) is 15.9 Å². The molecule has 1 aromatic carbocycles. The number of hydrogen-bond acceptors (Lipinski definition) is 6. The number of thiophene rings is 1. The van der Waals surface area contributed by atoms with Gasteiger partial charge in [-0.25, -0.2) is 8.42 Å². The van der Waals surface area contributed by atoms with Crippen LogP contribution in [-0.2, 0) is 14.8 Å². The molecule has 1 aromatic heterocycles. The van der Waals surface area contributed by atoms with Crippen molar-refractivity contribution >= 4 is 60.5 Å². The molecule has 0 bridgehead atoms. The third-order valence-corrected chi connectivity index (χ3v) is 6.57. The van der Waals surface area contributed by atoms with Gasteiger partial charge in [-0.05, 0) is 54.0 Å². The molecule has 1 heterocycles. The summed E-state index contributed by atoms with van der Waals surface area (Å²) < 4.78 is 31.9. The van der Waals surface area contributed by atoms with Gasteiger partial charge < -0.3 is 15.4 Å². The molecule has 0 fully saturated rings. The summed E-state index contributed by atoms with van der Waals surface area (Å²) in [7, 11) is -2.06. The van der Waals surface area contributed by atoms with E-state index in [1.54, 1.807) is 25.1 Å². The first kappa shape index (κ1) is 22.2. The zero-order valence-electron chi connectivity index (χ0n) is 15.4. The van der Waals surface area contributed by atoms with Crippen LogP contribution >= 0.6 is 27.3 Å². The van der Waals surface area contributed by atoms with Crippen molar-refractivity contribution in [1.82, 2.24) is 5.32 Å². The summed E-state index contributed by atoms with van der Waals surface area (Å²) in [6.45, 7) is 3.09. The highest BCUT2D eigenvalue weighted by molar-refractivity contribution is 9.11. The Kier molecular flexibility index (Phi) is 7.44. The van der Waals surface area contributed by atoms with Crippen molar-refractivity contribution in [2.45, 2.75) is 19.9 Å². The maximum atomic E-state index is 12.4. The number of rotatable bonds is 8. The number of anilines is 2. The molecule has 0 saturated heterocycles. The van der Waals surface area contributed by atoms with Crippen molar-refractivity contribution in [2.75, 3.05) is 22.9 Å². The monoisotopic (exact) mass is 489 g/mol. The molecule has 0 aliphatic heterocycles. The van der Waals surface area contributed by atoms with E-state index in [0.717, 1.165) is 3.79 Å². The second kappa shape index (κ2) is 9.39. The quantitative estimate of drug-likeness (QED) is 0.527. The lowest BCUT2D eigenvalue weighted by Gasteiger charge is -2.16. The van der Waals surface area contributed by atoms with Crippen LogP contribution in [-0.4, -0.2) is 39.1 Å². The average Bonchev–Trinajstić information content (AvgIpc) is 3.09. The van der Waals surface area contributed by atoms with Crippen LogP contribution in [0.5, 0.6) is 5.75 Å². The van der Waals surface area contributed by atoms with E-state index in [0.29, 0.717) is 10.6 Å². The highest BCUT2D eigenvalue weighted by Crippen LogP contribution is 2.29. The standard InChI is InChI=1S/C17H20BrN3O5S2/c1-4-28(24,25)21-12-6-5-11(9-13(12)26-3)20-16(22)10(2)19-17(23)14-7-8-15(18)27-14/h5-10,21H,4H2,1-3H3,(H,19,23)(H,20,22). The number of ether oxygens (including phenoxy) is 1. The molecule has 8 nitrogen and oxygen atoms in total. The molecule has 1 unspecified atom stereocenters. The molecule has 1 atom stereocenters. The van der Waals surface area contributed by atoms with Gasteiger partial charge in [0.15, 0.2) is 0 Å². The van der Waals surface area contributed by atoms with Crippen molar-refractivity contribution in [1.29, 1.82) is 0 Å². The molecule has 0 saturated carbocycles. The summed E-state index contributed by atoms with van der Waals surface area (Å²) in [5.41, 5.74) is 0.674. The molecule has 28 heavy (non-hydrogen) atoms. The summed E-state index contributed by atoms with van der Waals surface area (Å²) in [5, 5.41) is 5.29. The Hall–Kier alpha value is -2.11. The minimum Gasteiger partial charge on any atom is -0.494 e. The molecular formula is C17H20BrN3O5S2. The van der Waals surface area contributed by atoms with E-state index < -0.39 is 22.0 Å². The Morgan fingerprint density at radius 2 is 1.96 bits per heavy atom. The van der Waals surface area contributed by atoms with Gasteiger partial charge in [0.1, 0.15) is 11.8 Å². The van der Waals surface area contributed by atoms with Gasteiger partial charge in [-0.15, -0.1) is 11.3 Å². The SMILES string of the molecule is CCS(=O)(=O)Nc1ccc(NC(=O)C(C)NC(=O)c2ccc(Br)s2)cc1OC. The van der Waals surface area contributed by atoms with Crippen LogP contribution < -0.4 is 20.1 Å². The summed E-state index contributed by atoms with van der Waals surface area (Å²) in [6.07, 6.45) is 0. The fourth-order valence-corrected chi connectivity index (χ4v) is 4.05. The highest BCUT2D eigenvalue weighted by atomic mass is 79.9. The molecule has 0 radical (unpaired) electrons. The number of sulfonamides is 1. The Morgan fingerprint density at radius 3 is 2.54 bits per heavy atom. The van der Waals surface area contributed by atoms with Crippen LogP contribution in [0.1, 0.15) is 23.5 Å². The third-order valence-electron chi connectivity index (χ3n) is 3.65. The lowest BCUT2D eigenvalue weighted by atomic mass is 10.2. The summed E-state index contributed by atoms with van der Waals surface area (Å²) in [4.78, 5) is 25.0. The van der Waals surface area contributed by atoms with Gasteiger partial charge in [0.05, 0.1) is 27.2 Å². The van der Waals surface area contributed by atoms with Gasteiger partial charge in [-0.1, -0.05) is 0 Å². The van der Waals surface area contributed by atoms with Crippen molar-refractivity contribution < 1.29 is 22.7 Å². The Bertz CT molecular complexity index is 975. The number of halogens is 1. The van der Waals surface area contributed by atoms with Gasteiger partial charge >= 0.3 is 0 Å². The van der Waals surface area contributed by atoms with Crippen LogP contribution in [0.15, 0.2) is 34.1 Å². The highest BCUT2D eigenvalue weighted by Gasteiger charge is 2.19. The largest absolute Gasteiger partial charge is 0.494 e. The molecule has 2 amide bonds. The number of amides is 2. The normalized spacial score (nSPS) is 12.1. The van der Waals surface area contributed by atoms with Crippen LogP contribution in [0.4, 0.5) is 11.4 Å². The number of carbonyl (C=O) groups excluding carboxylic acids is 2. The third kappa shape index (κ3) is 5.94. The van der Waals surface area contributed by atoms with Crippen molar-refractivity contribution in [2.24, 2.45) is 0 Å². The van der Waals surface area contributed by atoms with Crippen LogP contribution in [0.3, 0.4) is 0 Å². The maximum absolute atomic E-state index is 12.4. The minimum absolute atomic E-state index is 0.0767. The van der Waals surface area contributed by atoms with Gasteiger partial charge in [0, 0.05) is 11.8 Å². The Morgan fingerprint density at radius 1 is 1.25 bits per heavy atom. The molecule has 0 aliphatic carbocycles. The molecule has 0 aliphatic rings. The summed E-state index contributed by atoms with van der Waals surface area (Å²) in [6, 6.07) is 7.17. The van der Waals surface area contributed by atoms with Crippen molar-refractivity contribution in [3.05, 3.63) is 39.0 Å². The lowest BCUT2D eigenvalue weighted by molar-refractivity contribution is -0.117. The van der Waals surface area contributed by atoms with Crippen molar-refractivity contribution in [3.8, 4) is 5.75 Å². The van der Waals surface area contributed by atoms with E-state index in [-0.39, 0.29) is 23.1 Å². The molecule has 0 spiro atoms. The smallest absolute Gasteiger partial charge is 0.262 e. The predicted octanol–water partition coefficient (Wildman–Crippen LogP) is 3.04. The molecule has 3 N–H and O–H groups in total. The second-order valence-electron chi connectivity index (χ2n) is 5.71. The number of methoxy groups -OCH3 is 1. The minimum atomic E-state index is -3.46. The van der Waals surface area contributed by atoms with Gasteiger partial charge in [0.25, 0.3) is 5.91 Å². The second-order valence-corrected chi connectivity index (χ2v) is 10.2. The van der Waals surface area contributed by atoms with Crippen LogP contribution in [0, 0.1) is 0 Å². The van der Waals surface area contributed by atoms with E-state index in [1.807, 2.05) is 0 Å². The fourth-order valence-electron chi connectivity index (χ4n) is 2.11. The van der Waals surface area contributed by atoms with E-state index in [2.05, 4.69) is 31.3 Å². The molecule has 11 heteroatoms. The molecule has 2 rings (SSSR count). The zero-order valence-corrected chi connectivity index (χ0v) is 18.6. The summed E-state index contributed by atoms with van der Waals surface area (Å²) in [5.74, 6) is -0.588. The Labute approximate surface area is 175 Å².